The fourth-order valence-electron chi connectivity index (χ4n) is 3.25. The third kappa shape index (κ3) is 4.36. The molecule has 1 aromatic heterocycles. The van der Waals surface area contributed by atoms with Crippen molar-refractivity contribution in [3.8, 4) is 0 Å². The van der Waals surface area contributed by atoms with Gasteiger partial charge in [-0.1, -0.05) is 41.1 Å². The standard InChI is InChI=1S/C21H22BrN3OS2/c1-14(2)27-17-6-3-15(4-7-17)20(26)24-9-11-25(12-10-24)21-23-18-8-5-16(22)13-19(18)28-21/h3-8,13-14H,9-12H2,1-2H3. The number of nitrogens with zero attached hydrogens (tertiary/aromatic N) is 3. The summed E-state index contributed by atoms with van der Waals surface area (Å²) in [7, 11) is 0. The number of rotatable bonds is 4. The Morgan fingerprint density at radius 1 is 1.11 bits per heavy atom. The largest absolute Gasteiger partial charge is 0.345 e. The van der Waals surface area contributed by atoms with Crippen LogP contribution < -0.4 is 4.90 Å². The Balaban J connectivity index is 1.39. The maximum absolute atomic E-state index is 12.8. The lowest BCUT2D eigenvalue weighted by Gasteiger charge is -2.34. The highest BCUT2D eigenvalue weighted by molar-refractivity contribution is 9.10. The summed E-state index contributed by atoms with van der Waals surface area (Å²) in [6.07, 6.45) is 0. The number of carbonyl (C=O) groups is 1. The van der Waals surface area contributed by atoms with Gasteiger partial charge in [0.1, 0.15) is 0 Å². The van der Waals surface area contributed by atoms with E-state index in [4.69, 9.17) is 4.98 Å². The highest BCUT2D eigenvalue weighted by Gasteiger charge is 2.24. The van der Waals surface area contributed by atoms with Gasteiger partial charge in [-0.25, -0.2) is 4.98 Å². The Hall–Kier alpha value is -1.57. The van der Waals surface area contributed by atoms with Gasteiger partial charge in [0.15, 0.2) is 5.13 Å². The molecule has 4 rings (SSSR count). The van der Waals surface area contributed by atoms with Crippen molar-refractivity contribution < 1.29 is 4.79 Å². The van der Waals surface area contributed by atoms with E-state index in [2.05, 4.69) is 40.7 Å². The molecule has 1 amide bonds. The molecule has 0 atom stereocenters. The lowest BCUT2D eigenvalue weighted by molar-refractivity contribution is 0.0746. The van der Waals surface area contributed by atoms with Gasteiger partial charge in [-0.3, -0.25) is 4.79 Å². The molecule has 0 N–H and O–H groups in total. The summed E-state index contributed by atoms with van der Waals surface area (Å²) in [4.78, 5) is 23.0. The van der Waals surface area contributed by atoms with Crippen LogP contribution in [0.5, 0.6) is 0 Å². The van der Waals surface area contributed by atoms with E-state index in [0.717, 1.165) is 46.9 Å². The molecule has 0 bridgehead atoms. The highest BCUT2D eigenvalue weighted by Crippen LogP contribution is 2.31. The van der Waals surface area contributed by atoms with Crippen molar-refractivity contribution in [1.29, 1.82) is 0 Å². The van der Waals surface area contributed by atoms with Crippen molar-refractivity contribution in [1.82, 2.24) is 9.88 Å². The summed E-state index contributed by atoms with van der Waals surface area (Å²) in [5.74, 6) is 0.119. The molecular weight excluding hydrogens is 454 g/mol. The molecule has 1 saturated heterocycles. The first kappa shape index (κ1) is 19.7. The van der Waals surface area contributed by atoms with Gasteiger partial charge in [-0.05, 0) is 42.5 Å². The number of hydrogen-bond donors (Lipinski definition) is 0. The molecule has 7 heteroatoms. The normalized spacial score (nSPS) is 14.9. The van der Waals surface area contributed by atoms with Crippen LogP contribution in [0.25, 0.3) is 10.2 Å². The van der Waals surface area contributed by atoms with Crippen molar-refractivity contribution in [3.05, 3.63) is 52.5 Å². The number of halogens is 1. The average molecular weight is 476 g/mol. The number of thioether (sulfide) groups is 1. The number of carbonyl (C=O) groups excluding carboxylic acids is 1. The minimum absolute atomic E-state index is 0.119. The molecule has 2 aromatic carbocycles. The Kier molecular flexibility index (Phi) is 5.94. The van der Waals surface area contributed by atoms with E-state index in [1.165, 1.54) is 9.60 Å². The summed E-state index contributed by atoms with van der Waals surface area (Å²) in [5, 5.41) is 1.58. The highest BCUT2D eigenvalue weighted by atomic mass is 79.9. The Morgan fingerprint density at radius 2 is 1.82 bits per heavy atom. The Morgan fingerprint density at radius 3 is 2.50 bits per heavy atom. The maximum Gasteiger partial charge on any atom is 0.253 e. The van der Waals surface area contributed by atoms with Crippen LogP contribution in [0.15, 0.2) is 51.8 Å². The van der Waals surface area contributed by atoms with Crippen molar-refractivity contribution in [2.45, 2.75) is 24.0 Å². The summed E-state index contributed by atoms with van der Waals surface area (Å²) >= 11 is 7.04. The number of thiazole rings is 1. The molecule has 0 aliphatic carbocycles. The fraction of sp³-hybridized carbons (Fsp3) is 0.333. The molecule has 2 heterocycles. The number of amides is 1. The first-order valence-corrected chi connectivity index (χ1v) is 11.9. The lowest BCUT2D eigenvalue weighted by atomic mass is 10.2. The SMILES string of the molecule is CC(C)Sc1ccc(C(=O)N2CCN(c3nc4ccc(Br)cc4s3)CC2)cc1. The molecule has 0 spiro atoms. The number of benzene rings is 2. The van der Waals surface area contributed by atoms with Gasteiger partial charge < -0.3 is 9.80 Å². The summed E-state index contributed by atoms with van der Waals surface area (Å²) in [6.45, 7) is 7.42. The zero-order valence-electron chi connectivity index (χ0n) is 15.9. The second-order valence-corrected chi connectivity index (χ2v) is 10.7. The van der Waals surface area contributed by atoms with Gasteiger partial charge in [-0.2, -0.15) is 0 Å². The van der Waals surface area contributed by atoms with Crippen molar-refractivity contribution >= 4 is 60.3 Å². The van der Waals surface area contributed by atoms with E-state index in [1.54, 1.807) is 11.3 Å². The van der Waals surface area contributed by atoms with Gasteiger partial charge in [0.05, 0.1) is 10.2 Å². The number of anilines is 1. The molecule has 0 unspecified atom stereocenters. The monoisotopic (exact) mass is 475 g/mol. The van der Waals surface area contributed by atoms with Gasteiger partial charge in [0, 0.05) is 46.4 Å². The molecule has 28 heavy (non-hydrogen) atoms. The predicted octanol–water partition coefficient (Wildman–Crippen LogP) is 5.52. The van der Waals surface area contributed by atoms with Crippen LogP contribution in [0.4, 0.5) is 5.13 Å². The second-order valence-electron chi connectivity index (χ2n) is 7.08. The second kappa shape index (κ2) is 8.43. The molecule has 3 aromatic rings. The zero-order valence-corrected chi connectivity index (χ0v) is 19.1. The minimum atomic E-state index is 0.119. The molecule has 146 valence electrons. The summed E-state index contributed by atoms with van der Waals surface area (Å²) in [6, 6.07) is 14.2. The van der Waals surface area contributed by atoms with Gasteiger partial charge in [0.25, 0.3) is 5.91 Å². The summed E-state index contributed by atoms with van der Waals surface area (Å²) < 4.78 is 2.26. The Labute approximate surface area is 182 Å². The van der Waals surface area contributed by atoms with Crippen LogP contribution >= 0.6 is 39.0 Å². The third-order valence-electron chi connectivity index (χ3n) is 4.65. The van der Waals surface area contributed by atoms with Crippen LogP contribution in [0.3, 0.4) is 0 Å². The molecule has 1 aliphatic rings. The van der Waals surface area contributed by atoms with Gasteiger partial charge in [0.2, 0.25) is 0 Å². The molecule has 0 radical (unpaired) electrons. The van der Waals surface area contributed by atoms with Crippen molar-refractivity contribution in [3.63, 3.8) is 0 Å². The van der Waals surface area contributed by atoms with Gasteiger partial charge in [-0.15, -0.1) is 11.8 Å². The summed E-state index contributed by atoms with van der Waals surface area (Å²) in [5.41, 5.74) is 1.80. The third-order valence-corrected chi connectivity index (χ3v) is 7.24. The maximum atomic E-state index is 12.8. The van der Waals surface area contributed by atoms with Crippen molar-refractivity contribution in [2.75, 3.05) is 31.1 Å². The fourth-order valence-corrected chi connectivity index (χ4v) is 5.66. The number of aromatic nitrogens is 1. The van der Waals surface area contributed by atoms with Crippen LogP contribution in [-0.4, -0.2) is 47.2 Å². The molecule has 4 nitrogen and oxygen atoms in total. The lowest BCUT2D eigenvalue weighted by Crippen LogP contribution is -2.48. The van der Waals surface area contributed by atoms with E-state index < -0.39 is 0 Å². The topological polar surface area (TPSA) is 36.4 Å². The minimum Gasteiger partial charge on any atom is -0.345 e. The zero-order chi connectivity index (χ0) is 19.7. The number of fused-ring (bicyclic) bond motifs is 1. The van der Waals surface area contributed by atoms with E-state index in [9.17, 15) is 4.79 Å². The number of hydrogen-bond acceptors (Lipinski definition) is 5. The Bertz CT molecular complexity index is 979. The van der Waals surface area contributed by atoms with Gasteiger partial charge >= 0.3 is 0 Å². The van der Waals surface area contributed by atoms with Crippen LogP contribution in [0, 0.1) is 0 Å². The molecule has 1 aliphatic heterocycles. The van der Waals surface area contributed by atoms with Crippen LogP contribution in [0.1, 0.15) is 24.2 Å². The molecule has 1 fully saturated rings. The first-order chi connectivity index (χ1) is 13.5. The average Bonchev–Trinajstić information content (AvgIpc) is 3.11. The smallest absolute Gasteiger partial charge is 0.253 e. The van der Waals surface area contributed by atoms with E-state index in [-0.39, 0.29) is 5.91 Å². The van der Waals surface area contributed by atoms with E-state index in [1.807, 2.05) is 53.1 Å². The van der Waals surface area contributed by atoms with Crippen molar-refractivity contribution in [2.24, 2.45) is 0 Å². The van der Waals surface area contributed by atoms with Crippen LogP contribution in [0.2, 0.25) is 0 Å². The van der Waals surface area contributed by atoms with E-state index >= 15 is 0 Å². The van der Waals surface area contributed by atoms with E-state index in [0.29, 0.717) is 5.25 Å². The number of piperazine rings is 1. The predicted molar refractivity (Wildman–Crippen MR) is 123 cm³/mol. The first-order valence-electron chi connectivity index (χ1n) is 9.36. The van der Waals surface area contributed by atoms with Crippen LogP contribution in [-0.2, 0) is 0 Å². The molecular formula is C21H22BrN3OS2. The quantitative estimate of drug-likeness (QED) is 0.465. The molecule has 0 saturated carbocycles.